The van der Waals surface area contributed by atoms with Gasteiger partial charge in [-0.3, -0.25) is 24.0 Å². The zero-order chi connectivity index (χ0) is 43.2. The first-order valence-electron chi connectivity index (χ1n) is 20.4. The van der Waals surface area contributed by atoms with E-state index in [4.69, 9.17) is 4.74 Å². The molecule has 8 N–H and O–H groups in total. The van der Waals surface area contributed by atoms with Crippen LogP contribution < -0.4 is 31.9 Å². The smallest absolute Gasteiger partial charge is 0.408 e. The summed E-state index contributed by atoms with van der Waals surface area (Å²) in [4.78, 5) is 87.0. The quantitative estimate of drug-likeness (QED) is 0.0925. The third kappa shape index (κ3) is 16.9. The number of hydrogen-bond donors (Lipinski definition) is 8. The Morgan fingerprint density at radius 1 is 0.828 bits per heavy atom. The molecule has 16 heteroatoms. The Kier molecular flexibility index (Phi) is 18.2. The van der Waals surface area contributed by atoms with Crippen LogP contribution >= 0.6 is 0 Å². The summed E-state index contributed by atoms with van der Waals surface area (Å²) >= 11 is 0. The molecule has 6 amide bonds. The summed E-state index contributed by atoms with van der Waals surface area (Å²) in [5.74, 6) is -2.09. The molecule has 0 bridgehead atoms. The Balaban J connectivity index is 1.77. The van der Waals surface area contributed by atoms with Gasteiger partial charge in [-0.25, -0.2) is 9.78 Å². The van der Waals surface area contributed by atoms with Gasteiger partial charge in [0.25, 0.3) is 0 Å². The number of carbonyl (C=O) groups excluding carboxylic acids is 6. The van der Waals surface area contributed by atoms with E-state index in [9.17, 15) is 33.9 Å². The summed E-state index contributed by atoms with van der Waals surface area (Å²) in [6.45, 7) is 16.9. The van der Waals surface area contributed by atoms with Crippen molar-refractivity contribution < 1.29 is 38.6 Å². The lowest BCUT2D eigenvalue weighted by Crippen LogP contribution is -2.58. The van der Waals surface area contributed by atoms with Crippen molar-refractivity contribution in [2.75, 3.05) is 0 Å². The molecule has 1 aromatic heterocycles. The maximum absolute atomic E-state index is 14.1. The molecule has 322 valence electrons. The number of imidazole rings is 1. The Morgan fingerprint density at radius 2 is 1.47 bits per heavy atom. The van der Waals surface area contributed by atoms with Gasteiger partial charge in [-0.05, 0) is 63.4 Å². The zero-order valence-corrected chi connectivity index (χ0v) is 35.5. The van der Waals surface area contributed by atoms with Gasteiger partial charge >= 0.3 is 6.09 Å². The Hall–Kier alpha value is -4.99. The van der Waals surface area contributed by atoms with Crippen LogP contribution in [0.25, 0.3) is 0 Å². The van der Waals surface area contributed by atoms with E-state index in [2.05, 4.69) is 41.9 Å². The second kappa shape index (κ2) is 22.2. The lowest BCUT2D eigenvalue weighted by Gasteiger charge is -2.29. The predicted octanol–water partition coefficient (Wildman–Crippen LogP) is 2.81. The number of amides is 6. The maximum Gasteiger partial charge on any atom is 0.408 e. The summed E-state index contributed by atoms with van der Waals surface area (Å²) in [5, 5.41) is 28.4. The molecule has 1 aliphatic rings. The number of aliphatic hydroxyl groups is 1. The van der Waals surface area contributed by atoms with E-state index in [0.29, 0.717) is 24.5 Å². The first-order valence-corrected chi connectivity index (χ1v) is 20.4. The van der Waals surface area contributed by atoms with Gasteiger partial charge in [0.1, 0.15) is 23.7 Å². The second-order valence-electron chi connectivity index (χ2n) is 17.6. The number of carbonyl (C=O) groups is 6. The number of ether oxygens (including phenoxy) is 1. The molecule has 3 rings (SSSR count). The van der Waals surface area contributed by atoms with Crippen LogP contribution in [0.15, 0.2) is 42.9 Å². The van der Waals surface area contributed by atoms with Crippen molar-refractivity contribution in [3.05, 3.63) is 54.1 Å². The van der Waals surface area contributed by atoms with Crippen LogP contribution in [0.4, 0.5) is 4.79 Å². The third-order valence-corrected chi connectivity index (χ3v) is 9.46. The average Bonchev–Trinajstić information content (AvgIpc) is 3.74. The van der Waals surface area contributed by atoms with E-state index in [1.807, 2.05) is 71.9 Å². The Morgan fingerprint density at radius 3 is 2.05 bits per heavy atom. The molecule has 0 saturated carbocycles. The normalized spacial score (nSPS) is 18.1. The van der Waals surface area contributed by atoms with E-state index in [0.717, 1.165) is 5.56 Å². The minimum atomic E-state index is -1.36. The first kappa shape index (κ1) is 47.4. The van der Waals surface area contributed by atoms with Crippen molar-refractivity contribution in [2.24, 2.45) is 17.8 Å². The number of nitrogens with zero attached hydrogens (tertiary/aromatic N) is 1. The van der Waals surface area contributed by atoms with Crippen LogP contribution in [0.2, 0.25) is 0 Å². The van der Waals surface area contributed by atoms with Gasteiger partial charge < -0.3 is 46.7 Å². The summed E-state index contributed by atoms with van der Waals surface area (Å²) in [6.07, 6.45) is 1.95. The largest absolute Gasteiger partial charge is 0.444 e. The van der Waals surface area contributed by atoms with Crippen LogP contribution in [0.5, 0.6) is 0 Å². The molecular formula is C42H66N8O8. The van der Waals surface area contributed by atoms with Gasteiger partial charge in [0.05, 0.1) is 30.9 Å². The topological polar surface area (TPSA) is 233 Å². The standard InChI is InChI=1S/C42H66N8O8/c1-24(2)15-29-30(20-36(52)45-29)47-38(54)32(17-26(5)6)46-37(53)21-35(51)31(16-25(3)4)48-40(56)34(19-28-22-43-23-44-28)49-39(55)33(18-27-13-11-10-12-14-27)50-41(57)58-42(7,8)9/h10-14,22-26,29-35,51H,15-21H2,1-9H3,(H,43,44)(H,45,52)(H,46,53)(H,47,54)(H,48,56)(H,49,55)(H,50,57)/t29-,30-,31-,32-,33-,34-,35-/m0/s1. The predicted molar refractivity (Wildman–Crippen MR) is 219 cm³/mol. The molecule has 1 saturated heterocycles. The maximum atomic E-state index is 14.1. The molecule has 2 aromatic rings. The van der Waals surface area contributed by atoms with Crippen molar-refractivity contribution in [3.63, 3.8) is 0 Å². The zero-order valence-electron chi connectivity index (χ0n) is 35.5. The molecule has 0 spiro atoms. The van der Waals surface area contributed by atoms with E-state index in [1.165, 1.54) is 12.5 Å². The number of aliphatic hydroxyl groups excluding tert-OH is 1. The fourth-order valence-electron chi connectivity index (χ4n) is 6.87. The number of aromatic nitrogens is 2. The molecule has 58 heavy (non-hydrogen) atoms. The highest BCUT2D eigenvalue weighted by Crippen LogP contribution is 2.18. The Labute approximate surface area is 342 Å². The number of benzene rings is 1. The summed E-state index contributed by atoms with van der Waals surface area (Å²) in [6, 6.07) is 4.33. The van der Waals surface area contributed by atoms with Gasteiger partial charge in [-0.2, -0.15) is 0 Å². The molecule has 1 aliphatic heterocycles. The lowest BCUT2D eigenvalue weighted by atomic mass is 9.95. The van der Waals surface area contributed by atoms with Gasteiger partial charge in [0, 0.05) is 37.2 Å². The van der Waals surface area contributed by atoms with E-state index in [1.54, 1.807) is 20.8 Å². The van der Waals surface area contributed by atoms with Crippen LogP contribution in [0.3, 0.4) is 0 Å². The Bertz CT molecular complexity index is 1640. The second-order valence-corrected chi connectivity index (χ2v) is 17.6. The number of hydrogen-bond acceptors (Lipinski definition) is 9. The SMILES string of the molecule is CC(C)C[C@H](NC(=O)C[C@H](O)[C@H](CC(C)C)NC(=O)[C@H](Cc1cnc[nH]1)NC(=O)[C@H](Cc1ccccc1)NC(=O)OC(C)(C)C)C(=O)N[C@H]1CC(=O)N[C@H]1CC(C)C. The minimum Gasteiger partial charge on any atom is -0.444 e. The van der Waals surface area contributed by atoms with Crippen LogP contribution in [-0.4, -0.2) is 98.7 Å². The summed E-state index contributed by atoms with van der Waals surface area (Å²) in [5.41, 5.74) is 0.487. The minimum absolute atomic E-state index is 0.000815. The molecule has 16 nitrogen and oxygen atoms in total. The average molecular weight is 811 g/mol. The molecule has 2 heterocycles. The molecule has 1 aromatic carbocycles. The summed E-state index contributed by atoms with van der Waals surface area (Å²) in [7, 11) is 0. The van der Waals surface area contributed by atoms with Gasteiger partial charge in [0.15, 0.2) is 0 Å². The van der Waals surface area contributed by atoms with E-state index >= 15 is 0 Å². The van der Waals surface area contributed by atoms with E-state index < -0.39 is 78.1 Å². The first-order chi connectivity index (χ1) is 27.2. The van der Waals surface area contributed by atoms with Gasteiger partial charge in [-0.15, -0.1) is 0 Å². The highest BCUT2D eigenvalue weighted by molar-refractivity contribution is 5.92. The lowest BCUT2D eigenvalue weighted by molar-refractivity contribution is -0.132. The van der Waals surface area contributed by atoms with E-state index in [-0.39, 0.29) is 49.5 Å². The summed E-state index contributed by atoms with van der Waals surface area (Å²) < 4.78 is 5.43. The van der Waals surface area contributed by atoms with Crippen LogP contribution in [0.1, 0.15) is 106 Å². The van der Waals surface area contributed by atoms with Crippen molar-refractivity contribution in [2.45, 2.75) is 155 Å². The molecule has 7 atom stereocenters. The molecule has 0 unspecified atom stereocenters. The van der Waals surface area contributed by atoms with Gasteiger partial charge in [-0.1, -0.05) is 71.9 Å². The molecule has 0 radical (unpaired) electrons. The molecular weight excluding hydrogens is 745 g/mol. The number of aromatic amines is 1. The number of rotatable bonds is 21. The van der Waals surface area contributed by atoms with Gasteiger partial charge in [0.2, 0.25) is 29.5 Å². The van der Waals surface area contributed by atoms with Crippen molar-refractivity contribution in [3.8, 4) is 0 Å². The third-order valence-electron chi connectivity index (χ3n) is 9.46. The highest BCUT2D eigenvalue weighted by atomic mass is 16.6. The van der Waals surface area contributed by atoms with Crippen LogP contribution in [0, 0.1) is 17.8 Å². The number of H-pyrrole nitrogens is 1. The van der Waals surface area contributed by atoms with Crippen molar-refractivity contribution >= 4 is 35.6 Å². The number of alkyl carbamates (subject to hydrolysis) is 1. The molecule has 0 aliphatic carbocycles. The van der Waals surface area contributed by atoms with Crippen LogP contribution in [-0.2, 0) is 41.6 Å². The fraction of sp³-hybridized carbons (Fsp3) is 0.643. The highest BCUT2D eigenvalue weighted by Gasteiger charge is 2.36. The van der Waals surface area contributed by atoms with Crippen molar-refractivity contribution in [1.82, 2.24) is 41.9 Å². The number of nitrogens with one attached hydrogen (secondary N) is 7. The monoisotopic (exact) mass is 811 g/mol. The molecule has 1 fully saturated rings. The van der Waals surface area contributed by atoms with Crippen molar-refractivity contribution in [1.29, 1.82) is 0 Å². The fourth-order valence-corrected chi connectivity index (χ4v) is 6.87.